The summed E-state index contributed by atoms with van der Waals surface area (Å²) >= 11 is 0. The molecule has 1 aliphatic heterocycles. The van der Waals surface area contributed by atoms with Crippen molar-refractivity contribution in [2.24, 2.45) is 11.8 Å². The summed E-state index contributed by atoms with van der Waals surface area (Å²) in [4.78, 5) is 23.3. The average molecular weight is 440 g/mol. The van der Waals surface area contributed by atoms with Crippen molar-refractivity contribution in [2.45, 2.75) is 51.5 Å². The zero-order chi connectivity index (χ0) is 22.2. The van der Waals surface area contributed by atoms with Crippen molar-refractivity contribution in [3.8, 4) is 0 Å². The standard InChI is InChI=1S/C25H27F2N3O2/c1-16-14-29-15-18(4-7-24(29)28-16)10-17-2-5-19(6-3-17)25(31)30-23(8-9-32-30)20-11-21(26)13-22(27)12-20/h4,7,11-15,17,19,23H,2-3,5-6,8-10H2,1H3/t17-,19-,23-/m0/s1. The van der Waals surface area contributed by atoms with E-state index in [1.807, 2.05) is 13.1 Å². The molecule has 0 unspecified atom stereocenters. The number of imidazole rings is 1. The fraction of sp³-hybridized carbons (Fsp3) is 0.440. The summed E-state index contributed by atoms with van der Waals surface area (Å²) in [6, 6.07) is 7.18. The number of aryl methyl sites for hydroxylation is 1. The third kappa shape index (κ3) is 4.26. The van der Waals surface area contributed by atoms with Gasteiger partial charge in [0.2, 0.25) is 5.91 Å². The molecule has 0 bridgehead atoms. The Bertz CT molecular complexity index is 1120. The maximum atomic E-state index is 13.7. The van der Waals surface area contributed by atoms with Crippen molar-refractivity contribution < 1.29 is 18.4 Å². The highest BCUT2D eigenvalue weighted by atomic mass is 19.1. The molecule has 1 saturated carbocycles. The summed E-state index contributed by atoms with van der Waals surface area (Å²) in [5, 5.41) is 1.37. The number of pyridine rings is 1. The van der Waals surface area contributed by atoms with Crippen molar-refractivity contribution in [3.05, 3.63) is 71.2 Å². The lowest BCUT2D eigenvalue weighted by Crippen LogP contribution is -2.36. The van der Waals surface area contributed by atoms with Crippen LogP contribution in [-0.4, -0.2) is 27.0 Å². The molecule has 0 spiro atoms. The first-order valence-electron chi connectivity index (χ1n) is 11.3. The first kappa shape index (κ1) is 21.1. The quantitative estimate of drug-likeness (QED) is 0.563. The van der Waals surface area contributed by atoms with E-state index >= 15 is 0 Å². The van der Waals surface area contributed by atoms with E-state index in [0.717, 1.165) is 49.5 Å². The van der Waals surface area contributed by atoms with Gasteiger partial charge >= 0.3 is 0 Å². The van der Waals surface area contributed by atoms with E-state index in [0.29, 0.717) is 24.5 Å². The number of carbonyl (C=O) groups excluding carboxylic acids is 1. The summed E-state index contributed by atoms with van der Waals surface area (Å²) in [6.07, 6.45) is 9.27. The number of hydroxylamine groups is 2. The monoisotopic (exact) mass is 439 g/mol. The predicted octanol–water partition coefficient (Wildman–Crippen LogP) is 5.18. The normalized spacial score (nSPS) is 23.7. The minimum absolute atomic E-state index is 0.0640. The van der Waals surface area contributed by atoms with Crippen LogP contribution in [0.2, 0.25) is 0 Å². The molecule has 0 radical (unpaired) electrons. The van der Waals surface area contributed by atoms with Gasteiger partial charge in [-0.2, -0.15) is 0 Å². The summed E-state index contributed by atoms with van der Waals surface area (Å²) in [7, 11) is 0. The number of hydrogen-bond donors (Lipinski definition) is 0. The lowest BCUT2D eigenvalue weighted by atomic mass is 9.79. The number of aromatic nitrogens is 2. The highest BCUT2D eigenvalue weighted by Gasteiger charge is 2.37. The maximum absolute atomic E-state index is 13.7. The number of hydrogen-bond acceptors (Lipinski definition) is 3. The fourth-order valence-electron chi connectivity index (χ4n) is 5.17. The molecule has 5 rings (SSSR count). The summed E-state index contributed by atoms with van der Waals surface area (Å²) in [6.45, 7) is 2.37. The van der Waals surface area contributed by atoms with Gasteiger partial charge in [-0.1, -0.05) is 6.07 Å². The minimum atomic E-state index is -0.635. The van der Waals surface area contributed by atoms with Gasteiger partial charge < -0.3 is 4.40 Å². The van der Waals surface area contributed by atoms with Crippen LogP contribution in [0.5, 0.6) is 0 Å². The van der Waals surface area contributed by atoms with E-state index in [4.69, 9.17) is 4.84 Å². The summed E-state index contributed by atoms with van der Waals surface area (Å²) in [5.74, 6) is -0.906. The number of rotatable bonds is 4. The molecule has 168 valence electrons. The third-order valence-electron chi connectivity index (χ3n) is 6.74. The van der Waals surface area contributed by atoms with Gasteiger partial charge in [0.15, 0.2) is 0 Å². The van der Waals surface area contributed by atoms with Crippen LogP contribution < -0.4 is 0 Å². The average Bonchev–Trinajstić information content (AvgIpc) is 3.39. The molecule has 32 heavy (non-hydrogen) atoms. The Kier molecular flexibility index (Phi) is 5.67. The Labute approximate surface area is 186 Å². The van der Waals surface area contributed by atoms with Gasteiger partial charge in [0, 0.05) is 30.8 Å². The van der Waals surface area contributed by atoms with E-state index < -0.39 is 17.7 Å². The zero-order valence-corrected chi connectivity index (χ0v) is 18.1. The van der Waals surface area contributed by atoms with Crippen LogP contribution in [0.4, 0.5) is 8.78 Å². The van der Waals surface area contributed by atoms with Crippen molar-refractivity contribution in [1.82, 2.24) is 14.4 Å². The molecule has 1 aromatic carbocycles. The number of carbonyl (C=O) groups is 1. The minimum Gasteiger partial charge on any atom is -0.307 e. The first-order chi connectivity index (χ1) is 15.5. The molecule has 3 heterocycles. The molecule has 2 fully saturated rings. The van der Waals surface area contributed by atoms with Gasteiger partial charge in [0.05, 0.1) is 18.3 Å². The van der Waals surface area contributed by atoms with Crippen molar-refractivity contribution in [3.63, 3.8) is 0 Å². The van der Waals surface area contributed by atoms with Crippen LogP contribution in [-0.2, 0) is 16.1 Å². The lowest BCUT2D eigenvalue weighted by molar-refractivity contribution is -0.183. The fourth-order valence-corrected chi connectivity index (χ4v) is 5.17. The number of fused-ring (bicyclic) bond motifs is 1. The van der Waals surface area contributed by atoms with Crippen molar-refractivity contribution in [1.29, 1.82) is 0 Å². The molecule has 0 N–H and O–H groups in total. The van der Waals surface area contributed by atoms with E-state index in [2.05, 4.69) is 27.7 Å². The van der Waals surface area contributed by atoms with Gasteiger partial charge in [0.1, 0.15) is 17.3 Å². The van der Waals surface area contributed by atoms with Crippen molar-refractivity contribution >= 4 is 11.6 Å². The molecule has 1 aliphatic carbocycles. The Hall–Kier alpha value is -2.80. The molecule has 1 amide bonds. The first-order valence-corrected chi connectivity index (χ1v) is 11.3. The molecule has 5 nitrogen and oxygen atoms in total. The topological polar surface area (TPSA) is 46.8 Å². The van der Waals surface area contributed by atoms with Gasteiger partial charge in [-0.15, -0.1) is 0 Å². The number of amides is 1. The summed E-state index contributed by atoms with van der Waals surface area (Å²) in [5.41, 5.74) is 3.69. The van der Waals surface area contributed by atoms with Crippen LogP contribution >= 0.6 is 0 Å². The molecule has 1 saturated heterocycles. The highest BCUT2D eigenvalue weighted by molar-refractivity contribution is 5.78. The highest BCUT2D eigenvalue weighted by Crippen LogP contribution is 2.37. The van der Waals surface area contributed by atoms with Crippen molar-refractivity contribution in [2.75, 3.05) is 6.61 Å². The van der Waals surface area contributed by atoms with E-state index in [1.54, 1.807) is 0 Å². The molecular weight excluding hydrogens is 412 g/mol. The molecule has 2 aromatic heterocycles. The predicted molar refractivity (Wildman–Crippen MR) is 116 cm³/mol. The largest absolute Gasteiger partial charge is 0.307 e. The molecular formula is C25H27F2N3O2. The molecule has 2 aliphatic rings. The van der Waals surface area contributed by atoms with Crippen LogP contribution in [0.1, 0.15) is 55.0 Å². The Morgan fingerprint density at radius 1 is 1.06 bits per heavy atom. The van der Waals surface area contributed by atoms with Crippen LogP contribution in [0, 0.1) is 30.4 Å². The Balaban J connectivity index is 1.21. The Morgan fingerprint density at radius 2 is 1.81 bits per heavy atom. The number of halogens is 2. The second kappa shape index (κ2) is 8.62. The van der Waals surface area contributed by atoms with Gasteiger partial charge in [0.25, 0.3) is 0 Å². The number of nitrogens with zero attached hydrogens (tertiary/aromatic N) is 3. The number of benzene rings is 1. The molecule has 1 atom stereocenters. The van der Waals surface area contributed by atoms with Crippen LogP contribution in [0.15, 0.2) is 42.7 Å². The van der Waals surface area contributed by atoms with Gasteiger partial charge in [-0.05, 0) is 74.3 Å². The van der Waals surface area contributed by atoms with Gasteiger partial charge in [-0.25, -0.2) is 18.8 Å². The molecule has 7 heteroatoms. The van der Waals surface area contributed by atoms with E-state index in [-0.39, 0.29) is 11.8 Å². The maximum Gasteiger partial charge on any atom is 0.249 e. The lowest BCUT2D eigenvalue weighted by Gasteiger charge is -2.32. The third-order valence-corrected chi connectivity index (χ3v) is 6.74. The smallest absolute Gasteiger partial charge is 0.249 e. The van der Waals surface area contributed by atoms with Gasteiger partial charge in [-0.3, -0.25) is 9.63 Å². The SMILES string of the molecule is Cc1cn2cc(C[C@H]3CC[C@H](C(=O)N4OCC[C@H]4c4cc(F)cc(F)c4)CC3)ccc2n1. The van der Waals surface area contributed by atoms with Crippen LogP contribution in [0.25, 0.3) is 5.65 Å². The zero-order valence-electron chi connectivity index (χ0n) is 18.1. The van der Waals surface area contributed by atoms with Crippen LogP contribution in [0.3, 0.4) is 0 Å². The van der Waals surface area contributed by atoms with E-state index in [1.165, 1.54) is 22.8 Å². The molecule has 3 aromatic rings. The second-order valence-electron chi connectivity index (χ2n) is 9.11. The Morgan fingerprint density at radius 3 is 2.56 bits per heavy atom. The van der Waals surface area contributed by atoms with E-state index in [9.17, 15) is 13.6 Å². The second-order valence-corrected chi connectivity index (χ2v) is 9.11. The summed E-state index contributed by atoms with van der Waals surface area (Å²) < 4.78 is 29.4.